The summed E-state index contributed by atoms with van der Waals surface area (Å²) in [5, 5.41) is 21.1. The molecule has 0 amide bonds. The lowest BCUT2D eigenvalue weighted by Gasteiger charge is -2.11. The van der Waals surface area contributed by atoms with Crippen LogP contribution in [0.5, 0.6) is 0 Å². The van der Waals surface area contributed by atoms with Crippen molar-refractivity contribution in [1.29, 1.82) is 0 Å². The van der Waals surface area contributed by atoms with E-state index >= 15 is 0 Å². The smallest absolute Gasteiger partial charge is 0.0687 e. The molecule has 22 heavy (non-hydrogen) atoms. The molecule has 0 saturated heterocycles. The van der Waals surface area contributed by atoms with Gasteiger partial charge in [-0.1, -0.05) is 24.3 Å². The van der Waals surface area contributed by atoms with Gasteiger partial charge in [-0.2, -0.15) is 0 Å². The number of anilines is 1. The Morgan fingerprint density at radius 1 is 0.773 bits per heavy atom. The van der Waals surface area contributed by atoms with Crippen LogP contribution in [0.4, 0.5) is 5.69 Å². The SMILES string of the molecule is CNc1ccc(C)c(CO)c1C.Cc1cccc(C)c1CO. The van der Waals surface area contributed by atoms with E-state index < -0.39 is 0 Å². The highest BCUT2D eigenvalue weighted by atomic mass is 16.3. The summed E-state index contributed by atoms with van der Waals surface area (Å²) in [5.41, 5.74) is 7.80. The molecule has 2 rings (SSSR count). The standard InChI is InChI=1S/C10H15NO.C9H12O/c1-7-4-5-10(11-3)8(2)9(7)6-12;1-7-4-3-5-8(2)9(7)6-10/h4-5,11-12H,6H2,1-3H3;3-5,10H,6H2,1-2H3. The lowest BCUT2D eigenvalue weighted by Crippen LogP contribution is -1.98. The average molecular weight is 301 g/mol. The number of aliphatic hydroxyl groups is 2. The zero-order valence-electron chi connectivity index (χ0n) is 14.2. The molecule has 0 atom stereocenters. The van der Waals surface area contributed by atoms with Gasteiger partial charge in [-0.15, -0.1) is 0 Å². The lowest BCUT2D eigenvalue weighted by molar-refractivity contribution is 0.280. The van der Waals surface area contributed by atoms with Crippen LogP contribution in [0, 0.1) is 27.7 Å². The molecule has 0 aromatic heterocycles. The molecule has 0 saturated carbocycles. The summed E-state index contributed by atoms with van der Waals surface area (Å²) in [6.07, 6.45) is 0. The third-order valence-electron chi connectivity index (χ3n) is 4.06. The number of rotatable bonds is 3. The van der Waals surface area contributed by atoms with E-state index in [1.807, 2.05) is 65.1 Å². The molecule has 0 heterocycles. The van der Waals surface area contributed by atoms with Crippen molar-refractivity contribution in [2.75, 3.05) is 12.4 Å². The van der Waals surface area contributed by atoms with Gasteiger partial charge in [-0.25, -0.2) is 0 Å². The van der Waals surface area contributed by atoms with Crippen LogP contribution in [-0.2, 0) is 13.2 Å². The van der Waals surface area contributed by atoms with Crippen molar-refractivity contribution < 1.29 is 10.2 Å². The second-order valence-corrected chi connectivity index (χ2v) is 5.47. The van der Waals surface area contributed by atoms with Gasteiger partial charge in [0.2, 0.25) is 0 Å². The molecule has 3 nitrogen and oxygen atoms in total. The average Bonchev–Trinajstić information content (AvgIpc) is 2.49. The van der Waals surface area contributed by atoms with E-state index in [2.05, 4.69) is 5.32 Å². The summed E-state index contributed by atoms with van der Waals surface area (Å²) in [6, 6.07) is 10.1. The molecule has 0 spiro atoms. The maximum atomic E-state index is 9.09. The van der Waals surface area contributed by atoms with Gasteiger partial charge in [-0.3, -0.25) is 0 Å². The predicted molar refractivity (Wildman–Crippen MR) is 93.2 cm³/mol. The number of aliphatic hydroxyl groups excluding tert-OH is 2. The molecule has 2 aromatic carbocycles. The topological polar surface area (TPSA) is 52.5 Å². The summed E-state index contributed by atoms with van der Waals surface area (Å²) in [5.74, 6) is 0. The molecule has 2 aromatic rings. The molecule has 0 unspecified atom stereocenters. The van der Waals surface area contributed by atoms with Crippen molar-refractivity contribution >= 4 is 5.69 Å². The first kappa shape index (κ1) is 18.2. The van der Waals surface area contributed by atoms with Gasteiger partial charge >= 0.3 is 0 Å². The van der Waals surface area contributed by atoms with Crippen molar-refractivity contribution in [3.63, 3.8) is 0 Å². The fourth-order valence-electron chi connectivity index (χ4n) is 2.50. The van der Waals surface area contributed by atoms with Crippen LogP contribution in [0.25, 0.3) is 0 Å². The lowest BCUT2D eigenvalue weighted by atomic mass is 10.0. The molecule has 0 bridgehead atoms. The molecule has 0 radical (unpaired) electrons. The van der Waals surface area contributed by atoms with E-state index in [1.165, 1.54) is 11.1 Å². The van der Waals surface area contributed by atoms with Gasteiger partial charge in [0.15, 0.2) is 0 Å². The minimum absolute atomic E-state index is 0.118. The Bertz CT molecular complexity index is 601. The summed E-state index contributed by atoms with van der Waals surface area (Å²) >= 11 is 0. The maximum absolute atomic E-state index is 9.09. The van der Waals surface area contributed by atoms with E-state index in [9.17, 15) is 0 Å². The number of aryl methyl sites for hydroxylation is 3. The fraction of sp³-hybridized carbons (Fsp3) is 0.368. The monoisotopic (exact) mass is 301 g/mol. The molecule has 0 aliphatic heterocycles. The first-order chi connectivity index (χ1) is 10.5. The first-order valence-corrected chi connectivity index (χ1v) is 7.49. The van der Waals surface area contributed by atoms with Gasteiger partial charge < -0.3 is 15.5 Å². The van der Waals surface area contributed by atoms with Gasteiger partial charge in [0.05, 0.1) is 13.2 Å². The van der Waals surface area contributed by atoms with Gasteiger partial charge in [-0.05, 0) is 67.1 Å². The number of hydrogen-bond donors (Lipinski definition) is 3. The quantitative estimate of drug-likeness (QED) is 0.811. The zero-order valence-corrected chi connectivity index (χ0v) is 14.2. The van der Waals surface area contributed by atoms with E-state index in [-0.39, 0.29) is 13.2 Å². The third kappa shape index (κ3) is 4.33. The van der Waals surface area contributed by atoms with Crippen molar-refractivity contribution in [2.24, 2.45) is 0 Å². The van der Waals surface area contributed by atoms with Crippen molar-refractivity contribution in [3.05, 3.63) is 63.7 Å². The molecule has 3 N–H and O–H groups in total. The van der Waals surface area contributed by atoms with Gasteiger partial charge in [0.25, 0.3) is 0 Å². The summed E-state index contributed by atoms with van der Waals surface area (Å²) in [7, 11) is 1.89. The highest BCUT2D eigenvalue weighted by Crippen LogP contribution is 2.21. The number of hydrogen-bond acceptors (Lipinski definition) is 3. The van der Waals surface area contributed by atoms with Gasteiger partial charge in [0.1, 0.15) is 0 Å². The fourth-order valence-corrected chi connectivity index (χ4v) is 2.50. The third-order valence-corrected chi connectivity index (χ3v) is 4.06. The van der Waals surface area contributed by atoms with Crippen LogP contribution in [0.3, 0.4) is 0 Å². The van der Waals surface area contributed by atoms with Crippen LogP contribution < -0.4 is 5.32 Å². The Kier molecular flexibility index (Phi) is 7.09. The maximum Gasteiger partial charge on any atom is 0.0687 e. The van der Waals surface area contributed by atoms with Crippen LogP contribution in [0.1, 0.15) is 33.4 Å². The Hall–Kier alpha value is -1.84. The largest absolute Gasteiger partial charge is 0.392 e. The Morgan fingerprint density at radius 3 is 1.68 bits per heavy atom. The minimum Gasteiger partial charge on any atom is -0.392 e. The van der Waals surface area contributed by atoms with Gasteiger partial charge in [0, 0.05) is 12.7 Å². The second kappa shape index (κ2) is 8.57. The highest BCUT2D eigenvalue weighted by Gasteiger charge is 2.04. The van der Waals surface area contributed by atoms with Crippen molar-refractivity contribution in [1.82, 2.24) is 0 Å². The molecule has 0 aliphatic carbocycles. The van der Waals surface area contributed by atoms with E-state index in [0.29, 0.717) is 0 Å². The molecule has 0 aliphatic rings. The molecule has 0 fully saturated rings. The predicted octanol–water partition coefficient (Wildman–Crippen LogP) is 3.63. The van der Waals surface area contributed by atoms with E-state index in [1.54, 1.807) is 0 Å². The van der Waals surface area contributed by atoms with Crippen molar-refractivity contribution in [3.8, 4) is 0 Å². The zero-order chi connectivity index (χ0) is 16.7. The highest BCUT2D eigenvalue weighted by molar-refractivity contribution is 5.55. The van der Waals surface area contributed by atoms with Crippen LogP contribution in [-0.4, -0.2) is 17.3 Å². The van der Waals surface area contributed by atoms with Crippen LogP contribution in [0.2, 0.25) is 0 Å². The normalized spacial score (nSPS) is 9.95. The number of benzene rings is 2. The molecule has 120 valence electrons. The Morgan fingerprint density at radius 2 is 1.27 bits per heavy atom. The van der Waals surface area contributed by atoms with Crippen LogP contribution in [0.15, 0.2) is 30.3 Å². The van der Waals surface area contributed by atoms with E-state index in [0.717, 1.165) is 27.9 Å². The van der Waals surface area contributed by atoms with Crippen LogP contribution >= 0.6 is 0 Å². The van der Waals surface area contributed by atoms with E-state index in [4.69, 9.17) is 10.2 Å². The second-order valence-electron chi connectivity index (χ2n) is 5.47. The minimum atomic E-state index is 0.118. The Balaban J connectivity index is 0.000000224. The molecular weight excluding hydrogens is 274 g/mol. The van der Waals surface area contributed by atoms with Crippen molar-refractivity contribution in [2.45, 2.75) is 40.9 Å². The molecule has 3 heteroatoms. The summed E-state index contributed by atoms with van der Waals surface area (Å²) in [6.45, 7) is 8.32. The Labute approximate surface area is 133 Å². The first-order valence-electron chi connectivity index (χ1n) is 7.49. The molecular formula is C19H27NO2. The summed E-state index contributed by atoms with van der Waals surface area (Å²) in [4.78, 5) is 0. The summed E-state index contributed by atoms with van der Waals surface area (Å²) < 4.78 is 0. The number of nitrogens with one attached hydrogen (secondary N) is 1.